The Morgan fingerprint density at radius 2 is 2.00 bits per heavy atom. The molecule has 0 atom stereocenters. The normalized spacial score (nSPS) is 10.0. The summed E-state index contributed by atoms with van der Waals surface area (Å²) in [5.41, 5.74) is 1.03. The van der Waals surface area contributed by atoms with Gasteiger partial charge in [0.2, 0.25) is 0 Å². The minimum Gasteiger partial charge on any atom is -0.388 e. The van der Waals surface area contributed by atoms with Gasteiger partial charge in [0.15, 0.2) is 0 Å². The van der Waals surface area contributed by atoms with Gasteiger partial charge in [0.25, 0.3) is 0 Å². The van der Waals surface area contributed by atoms with E-state index in [0.717, 1.165) is 18.8 Å². The van der Waals surface area contributed by atoms with Crippen LogP contribution in [0.4, 0.5) is 0 Å². The van der Waals surface area contributed by atoms with Crippen LogP contribution in [0.25, 0.3) is 0 Å². The average Bonchev–Trinajstić information content (AvgIpc) is 1.79. The molecule has 0 heterocycles. The maximum Gasteiger partial charge on any atom is 0.0269 e. The lowest BCUT2D eigenvalue weighted by Crippen LogP contribution is -2.30. The Balaban J connectivity index is 2.98. The summed E-state index contributed by atoms with van der Waals surface area (Å²) in [6.07, 6.45) is 0. The summed E-state index contributed by atoms with van der Waals surface area (Å²) in [5.74, 6) is 0. The summed E-state index contributed by atoms with van der Waals surface area (Å²) in [6.45, 7) is 12.0. The van der Waals surface area contributed by atoms with Gasteiger partial charge in [-0.25, -0.2) is 0 Å². The van der Waals surface area contributed by atoms with Crippen LogP contribution in [0.1, 0.15) is 20.8 Å². The first kappa shape index (κ1) is 9.50. The molecule has 0 bridgehead atoms. The number of nitrogens with one attached hydrogen (secondary N) is 2. The Bertz CT molecular complexity index is 97.4. The van der Waals surface area contributed by atoms with Crippen molar-refractivity contribution >= 4 is 0 Å². The van der Waals surface area contributed by atoms with Crippen molar-refractivity contribution in [1.82, 2.24) is 10.6 Å². The standard InChI is InChI=1S/C8H18N2/c1-7(2)9-5-6-10-8(3)4/h8-10H,1,5-6H2,2-4H3. The SMILES string of the molecule is C=C(C)NCCNC(C)C. The second-order valence-electron chi connectivity index (χ2n) is 2.82. The highest BCUT2D eigenvalue weighted by atomic mass is 15.0. The molecule has 2 N–H and O–H groups in total. The molecule has 0 saturated carbocycles. The van der Waals surface area contributed by atoms with Gasteiger partial charge in [-0.15, -0.1) is 0 Å². The van der Waals surface area contributed by atoms with Crippen LogP contribution in [0.15, 0.2) is 12.3 Å². The zero-order chi connectivity index (χ0) is 7.98. The first-order chi connectivity index (χ1) is 4.63. The molecule has 0 radical (unpaired) electrons. The maximum absolute atomic E-state index is 3.73. The Hall–Kier alpha value is -0.500. The fourth-order valence-corrected chi connectivity index (χ4v) is 0.637. The van der Waals surface area contributed by atoms with Gasteiger partial charge in [0, 0.05) is 24.8 Å². The summed E-state index contributed by atoms with van der Waals surface area (Å²) in [6, 6.07) is 0.576. The van der Waals surface area contributed by atoms with Crippen LogP contribution in [-0.2, 0) is 0 Å². The fourth-order valence-electron chi connectivity index (χ4n) is 0.637. The molecule has 0 aromatic heterocycles. The molecule has 2 nitrogen and oxygen atoms in total. The molecule has 10 heavy (non-hydrogen) atoms. The third kappa shape index (κ3) is 7.50. The van der Waals surface area contributed by atoms with Gasteiger partial charge < -0.3 is 10.6 Å². The van der Waals surface area contributed by atoms with Crippen LogP contribution in [0.5, 0.6) is 0 Å². The number of hydrogen-bond acceptors (Lipinski definition) is 2. The molecule has 0 aliphatic carbocycles. The van der Waals surface area contributed by atoms with E-state index in [-0.39, 0.29) is 0 Å². The second kappa shape index (κ2) is 5.30. The smallest absolute Gasteiger partial charge is 0.0269 e. The molecule has 0 aliphatic rings. The molecule has 60 valence electrons. The zero-order valence-electron chi connectivity index (χ0n) is 7.20. The van der Waals surface area contributed by atoms with E-state index in [2.05, 4.69) is 31.1 Å². The highest BCUT2D eigenvalue weighted by Gasteiger charge is 1.89. The third-order valence-corrected chi connectivity index (χ3v) is 1.10. The van der Waals surface area contributed by atoms with Crippen molar-refractivity contribution in [3.63, 3.8) is 0 Å². The molecule has 0 spiro atoms. The number of hydrogen-bond donors (Lipinski definition) is 2. The van der Waals surface area contributed by atoms with Crippen molar-refractivity contribution in [2.45, 2.75) is 26.8 Å². The van der Waals surface area contributed by atoms with Crippen molar-refractivity contribution in [2.24, 2.45) is 0 Å². The van der Waals surface area contributed by atoms with E-state index in [1.807, 2.05) is 6.92 Å². The van der Waals surface area contributed by atoms with Gasteiger partial charge in [0.1, 0.15) is 0 Å². The number of allylic oxidation sites excluding steroid dienone is 1. The van der Waals surface area contributed by atoms with Gasteiger partial charge in [-0.05, 0) is 6.92 Å². The largest absolute Gasteiger partial charge is 0.388 e. The predicted molar refractivity (Wildman–Crippen MR) is 46.0 cm³/mol. The molecule has 2 heteroatoms. The molecule has 0 rings (SSSR count). The molecule has 0 unspecified atom stereocenters. The molecule has 0 aromatic rings. The van der Waals surface area contributed by atoms with Crippen LogP contribution in [0.2, 0.25) is 0 Å². The molecule has 0 aromatic carbocycles. The molecule has 0 aliphatic heterocycles. The molecule has 0 amide bonds. The van der Waals surface area contributed by atoms with Gasteiger partial charge in [-0.1, -0.05) is 20.4 Å². The van der Waals surface area contributed by atoms with Crippen LogP contribution < -0.4 is 10.6 Å². The van der Waals surface area contributed by atoms with E-state index in [1.165, 1.54) is 0 Å². The van der Waals surface area contributed by atoms with E-state index in [0.29, 0.717) is 6.04 Å². The van der Waals surface area contributed by atoms with E-state index in [9.17, 15) is 0 Å². The van der Waals surface area contributed by atoms with Crippen molar-refractivity contribution < 1.29 is 0 Å². The third-order valence-electron chi connectivity index (χ3n) is 1.10. The van der Waals surface area contributed by atoms with Gasteiger partial charge in [0.05, 0.1) is 0 Å². The van der Waals surface area contributed by atoms with Crippen molar-refractivity contribution in [3.8, 4) is 0 Å². The highest BCUT2D eigenvalue weighted by molar-refractivity contribution is 4.83. The lowest BCUT2D eigenvalue weighted by Gasteiger charge is -2.08. The molecular formula is C8H18N2. The van der Waals surface area contributed by atoms with Crippen molar-refractivity contribution in [2.75, 3.05) is 13.1 Å². The summed E-state index contributed by atoms with van der Waals surface area (Å²) >= 11 is 0. The first-order valence-corrected chi connectivity index (χ1v) is 3.75. The Labute approximate surface area is 63.7 Å². The highest BCUT2D eigenvalue weighted by Crippen LogP contribution is 1.77. The lowest BCUT2D eigenvalue weighted by atomic mass is 10.4. The summed E-state index contributed by atoms with van der Waals surface area (Å²) in [5, 5.41) is 6.44. The van der Waals surface area contributed by atoms with Crippen LogP contribution in [0.3, 0.4) is 0 Å². The molecular weight excluding hydrogens is 124 g/mol. The van der Waals surface area contributed by atoms with E-state index >= 15 is 0 Å². The minimum absolute atomic E-state index is 0.576. The Morgan fingerprint density at radius 3 is 2.40 bits per heavy atom. The van der Waals surface area contributed by atoms with Crippen LogP contribution >= 0.6 is 0 Å². The van der Waals surface area contributed by atoms with E-state index in [4.69, 9.17) is 0 Å². The van der Waals surface area contributed by atoms with Gasteiger partial charge in [-0.2, -0.15) is 0 Å². The maximum atomic E-state index is 3.73. The lowest BCUT2D eigenvalue weighted by molar-refractivity contribution is 0.575. The van der Waals surface area contributed by atoms with Gasteiger partial charge in [-0.3, -0.25) is 0 Å². The quantitative estimate of drug-likeness (QED) is 0.562. The van der Waals surface area contributed by atoms with Crippen molar-refractivity contribution in [1.29, 1.82) is 0 Å². The monoisotopic (exact) mass is 142 g/mol. The molecule has 0 saturated heterocycles. The predicted octanol–water partition coefficient (Wildman–Crippen LogP) is 1.11. The topological polar surface area (TPSA) is 24.1 Å². The summed E-state index contributed by atoms with van der Waals surface area (Å²) in [7, 11) is 0. The summed E-state index contributed by atoms with van der Waals surface area (Å²) in [4.78, 5) is 0. The van der Waals surface area contributed by atoms with Crippen LogP contribution in [0, 0.1) is 0 Å². The second-order valence-corrected chi connectivity index (χ2v) is 2.82. The van der Waals surface area contributed by atoms with Crippen molar-refractivity contribution in [3.05, 3.63) is 12.3 Å². The Morgan fingerprint density at radius 1 is 1.40 bits per heavy atom. The fraction of sp³-hybridized carbons (Fsp3) is 0.750. The van der Waals surface area contributed by atoms with Crippen LogP contribution in [-0.4, -0.2) is 19.1 Å². The van der Waals surface area contributed by atoms with E-state index < -0.39 is 0 Å². The molecule has 0 fully saturated rings. The average molecular weight is 142 g/mol. The zero-order valence-corrected chi connectivity index (χ0v) is 7.20. The number of rotatable bonds is 5. The van der Waals surface area contributed by atoms with Gasteiger partial charge >= 0.3 is 0 Å². The van der Waals surface area contributed by atoms with E-state index in [1.54, 1.807) is 0 Å². The Kier molecular flexibility index (Phi) is 5.03. The minimum atomic E-state index is 0.576. The summed E-state index contributed by atoms with van der Waals surface area (Å²) < 4.78 is 0. The first-order valence-electron chi connectivity index (χ1n) is 3.75.